The highest BCUT2D eigenvalue weighted by Gasteiger charge is 2.09. The van der Waals surface area contributed by atoms with Gasteiger partial charge < -0.3 is 9.88 Å². The number of carbonyl (C=O) groups excluding carboxylic acids is 2. The number of amides is 1. The number of fused-ring (bicyclic) bond motifs is 1. The number of aryl methyl sites for hydroxylation is 2. The van der Waals surface area contributed by atoms with Gasteiger partial charge in [-0.15, -0.1) is 0 Å². The molecule has 0 aliphatic heterocycles. The van der Waals surface area contributed by atoms with E-state index in [4.69, 9.17) is 0 Å². The lowest BCUT2D eigenvalue weighted by Crippen LogP contribution is -2.25. The third kappa shape index (κ3) is 3.72. The molecule has 0 spiro atoms. The fraction of sp³-hybridized carbons (Fsp3) is 0.190. The predicted molar refractivity (Wildman–Crippen MR) is 103 cm³/mol. The molecule has 0 radical (unpaired) electrons. The van der Waals surface area contributed by atoms with E-state index in [9.17, 15) is 14.4 Å². The Bertz CT molecular complexity index is 1050. The van der Waals surface area contributed by atoms with Crippen molar-refractivity contribution in [3.8, 4) is 0 Å². The van der Waals surface area contributed by atoms with Gasteiger partial charge in [0.05, 0.1) is 5.52 Å². The Morgan fingerprint density at radius 2 is 1.81 bits per heavy atom. The van der Waals surface area contributed by atoms with Crippen molar-refractivity contribution >= 4 is 28.3 Å². The maximum atomic E-state index is 12.5. The lowest BCUT2D eigenvalue weighted by atomic mass is 10.1. The monoisotopic (exact) mass is 348 g/mol. The van der Waals surface area contributed by atoms with Gasteiger partial charge in [0.15, 0.2) is 5.78 Å². The van der Waals surface area contributed by atoms with Crippen LogP contribution in [0.4, 0.5) is 5.69 Å². The van der Waals surface area contributed by atoms with E-state index < -0.39 is 0 Å². The summed E-state index contributed by atoms with van der Waals surface area (Å²) >= 11 is 0. The van der Waals surface area contributed by atoms with E-state index in [0.717, 1.165) is 10.9 Å². The molecule has 1 aromatic heterocycles. The molecule has 132 valence electrons. The summed E-state index contributed by atoms with van der Waals surface area (Å²) in [7, 11) is 0. The zero-order valence-electron chi connectivity index (χ0n) is 14.8. The number of pyridine rings is 1. The highest BCUT2D eigenvalue weighted by Crippen LogP contribution is 2.14. The van der Waals surface area contributed by atoms with Crippen molar-refractivity contribution < 1.29 is 9.59 Å². The largest absolute Gasteiger partial charge is 0.326 e. The van der Waals surface area contributed by atoms with Gasteiger partial charge in [0.2, 0.25) is 5.91 Å². The fourth-order valence-electron chi connectivity index (χ4n) is 2.95. The Morgan fingerprint density at radius 3 is 2.58 bits per heavy atom. The van der Waals surface area contributed by atoms with Crippen molar-refractivity contribution in [1.82, 2.24) is 4.57 Å². The Morgan fingerprint density at radius 1 is 1.04 bits per heavy atom. The molecule has 26 heavy (non-hydrogen) atoms. The molecule has 1 amide bonds. The predicted octanol–water partition coefficient (Wildman–Crippen LogP) is 3.54. The first-order valence-corrected chi connectivity index (χ1v) is 8.46. The first kappa shape index (κ1) is 17.6. The molecule has 1 heterocycles. The van der Waals surface area contributed by atoms with Crippen LogP contribution in [0.5, 0.6) is 0 Å². The van der Waals surface area contributed by atoms with E-state index in [1.807, 2.05) is 30.3 Å². The standard InChI is InChI=1S/C21H20N2O3/c1-14-12-17-6-3-4-9-19(17)23(21(14)26)11-10-20(25)22-18-8-5-7-16(13-18)15(2)24/h3-9,12-13H,10-11H2,1-2H3,(H,22,25). The summed E-state index contributed by atoms with van der Waals surface area (Å²) in [6, 6.07) is 16.3. The molecule has 5 nitrogen and oxygen atoms in total. The summed E-state index contributed by atoms with van der Waals surface area (Å²) < 4.78 is 1.64. The van der Waals surface area contributed by atoms with Crippen LogP contribution in [0.1, 0.15) is 29.3 Å². The summed E-state index contributed by atoms with van der Waals surface area (Å²) in [5.41, 5.74) is 2.50. The highest BCUT2D eigenvalue weighted by atomic mass is 16.2. The minimum Gasteiger partial charge on any atom is -0.326 e. The fourth-order valence-corrected chi connectivity index (χ4v) is 2.95. The lowest BCUT2D eigenvalue weighted by Gasteiger charge is -2.12. The maximum Gasteiger partial charge on any atom is 0.253 e. The molecule has 2 aromatic carbocycles. The minimum atomic E-state index is -0.205. The van der Waals surface area contributed by atoms with Gasteiger partial charge in [0.1, 0.15) is 0 Å². The van der Waals surface area contributed by atoms with Crippen LogP contribution in [-0.4, -0.2) is 16.3 Å². The van der Waals surface area contributed by atoms with E-state index in [-0.39, 0.29) is 23.7 Å². The van der Waals surface area contributed by atoms with E-state index in [1.54, 1.807) is 35.8 Å². The quantitative estimate of drug-likeness (QED) is 0.717. The van der Waals surface area contributed by atoms with Crippen molar-refractivity contribution in [2.75, 3.05) is 5.32 Å². The van der Waals surface area contributed by atoms with E-state index >= 15 is 0 Å². The average molecular weight is 348 g/mol. The van der Waals surface area contributed by atoms with Gasteiger partial charge in [-0.2, -0.15) is 0 Å². The van der Waals surface area contributed by atoms with Gasteiger partial charge in [0, 0.05) is 29.8 Å². The maximum absolute atomic E-state index is 12.5. The van der Waals surface area contributed by atoms with Gasteiger partial charge in [-0.05, 0) is 43.5 Å². The van der Waals surface area contributed by atoms with E-state index in [2.05, 4.69) is 5.32 Å². The number of nitrogens with one attached hydrogen (secondary N) is 1. The number of nitrogens with zero attached hydrogens (tertiary/aromatic N) is 1. The first-order valence-electron chi connectivity index (χ1n) is 8.46. The number of carbonyl (C=O) groups is 2. The van der Waals surface area contributed by atoms with E-state index in [0.29, 0.717) is 23.4 Å². The van der Waals surface area contributed by atoms with Crippen molar-refractivity contribution in [1.29, 1.82) is 0 Å². The summed E-state index contributed by atoms with van der Waals surface area (Å²) in [5, 5.41) is 3.75. The third-order valence-corrected chi connectivity index (χ3v) is 4.30. The highest BCUT2D eigenvalue weighted by molar-refractivity contribution is 5.97. The average Bonchev–Trinajstić information content (AvgIpc) is 2.62. The minimum absolute atomic E-state index is 0.0566. The van der Waals surface area contributed by atoms with Gasteiger partial charge in [-0.3, -0.25) is 14.4 Å². The van der Waals surface area contributed by atoms with Crippen LogP contribution in [0.25, 0.3) is 10.9 Å². The molecule has 3 aromatic rings. The molecule has 0 aliphatic carbocycles. The lowest BCUT2D eigenvalue weighted by molar-refractivity contribution is -0.116. The Labute approximate surface area is 151 Å². The van der Waals surface area contributed by atoms with Gasteiger partial charge in [-0.25, -0.2) is 0 Å². The van der Waals surface area contributed by atoms with Crippen molar-refractivity contribution in [2.24, 2.45) is 0 Å². The number of benzene rings is 2. The molecule has 0 fully saturated rings. The van der Waals surface area contributed by atoms with E-state index in [1.165, 1.54) is 6.92 Å². The van der Waals surface area contributed by atoms with Crippen LogP contribution in [0, 0.1) is 6.92 Å². The number of hydrogen-bond donors (Lipinski definition) is 1. The second-order valence-electron chi connectivity index (χ2n) is 6.28. The van der Waals surface area contributed by atoms with Crippen LogP contribution in [-0.2, 0) is 11.3 Å². The molecule has 0 unspecified atom stereocenters. The summed E-state index contributed by atoms with van der Waals surface area (Å²) in [6.45, 7) is 3.55. The van der Waals surface area contributed by atoms with Crippen LogP contribution in [0.2, 0.25) is 0 Å². The SMILES string of the molecule is CC(=O)c1cccc(NC(=O)CCn2c(=O)c(C)cc3ccccc32)c1. The zero-order valence-corrected chi connectivity index (χ0v) is 14.8. The molecular weight excluding hydrogens is 328 g/mol. The topological polar surface area (TPSA) is 68.2 Å². The number of hydrogen-bond acceptors (Lipinski definition) is 3. The Balaban J connectivity index is 1.77. The van der Waals surface area contributed by atoms with Crippen molar-refractivity contribution in [3.63, 3.8) is 0 Å². The van der Waals surface area contributed by atoms with Crippen molar-refractivity contribution in [2.45, 2.75) is 26.8 Å². The summed E-state index contributed by atoms with van der Waals surface area (Å²) in [5.74, 6) is -0.262. The third-order valence-electron chi connectivity index (χ3n) is 4.30. The molecule has 0 bridgehead atoms. The molecule has 0 aliphatic rings. The number of anilines is 1. The Kier molecular flexibility index (Phi) is 4.98. The smallest absolute Gasteiger partial charge is 0.253 e. The number of aromatic nitrogens is 1. The van der Waals surface area contributed by atoms with Gasteiger partial charge >= 0.3 is 0 Å². The van der Waals surface area contributed by atoms with Crippen LogP contribution >= 0.6 is 0 Å². The van der Waals surface area contributed by atoms with Crippen LogP contribution in [0.15, 0.2) is 59.4 Å². The van der Waals surface area contributed by atoms with Gasteiger partial charge in [-0.1, -0.05) is 30.3 Å². The van der Waals surface area contributed by atoms with Crippen LogP contribution < -0.4 is 10.9 Å². The molecular formula is C21H20N2O3. The summed E-state index contributed by atoms with van der Waals surface area (Å²) in [4.78, 5) is 36.2. The number of para-hydroxylation sites is 1. The second kappa shape index (κ2) is 7.35. The molecule has 0 atom stereocenters. The van der Waals surface area contributed by atoms with Crippen LogP contribution in [0.3, 0.4) is 0 Å². The number of ketones is 1. The zero-order chi connectivity index (χ0) is 18.7. The molecule has 0 saturated carbocycles. The number of rotatable bonds is 5. The summed E-state index contributed by atoms with van der Waals surface area (Å²) in [6.07, 6.45) is 0.164. The molecule has 3 rings (SSSR count). The second-order valence-corrected chi connectivity index (χ2v) is 6.28. The molecule has 5 heteroatoms. The Hall–Kier alpha value is -3.21. The van der Waals surface area contributed by atoms with Gasteiger partial charge in [0.25, 0.3) is 5.56 Å². The van der Waals surface area contributed by atoms with Crippen molar-refractivity contribution in [3.05, 3.63) is 76.1 Å². The normalized spacial score (nSPS) is 10.7. The number of Topliss-reactive ketones (excluding diaryl/α,β-unsaturated/α-hetero) is 1. The first-order chi connectivity index (χ1) is 12.5. The molecule has 1 N–H and O–H groups in total. The molecule has 0 saturated heterocycles.